The second-order valence-corrected chi connectivity index (χ2v) is 10.4. The second-order valence-electron chi connectivity index (χ2n) is 8.91. The zero-order valence-corrected chi connectivity index (χ0v) is 21.9. The number of nitrogens with zero attached hydrogens (tertiary/aromatic N) is 2. The molecule has 3 aromatic rings. The lowest BCUT2D eigenvalue weighted by atomic mass is 9.74. The van der Waals surface area contributed by atoms with Crippen LogP contribution in [0.25, 0.3) is 0 Å². The van der Waals surface area contributed by atoms with Crippen LogP contribution in [0.1, 0.15) is 43.4 Å². The highest BCUT2D eigenvalue weighted by atomic mass is 32.2. The highest BCUT2D eigenvalue weighted by molar-refractivity contribution is 7.85. The molecule has 1 aliphatic rings. The van der Waals surface area contributed by atoms with Crippen molar-refractivity contribution in [1.82, 2.24) is 4.98 Å². The first-order valence-corrected chi connectivity index (χ1v) is 13.4. The molecule has 1 aliphatic heterocycles. The van der Waals surface area contributed by atoms with Crippen molar-refractivity contribution in [2.24, 2.45) is 10.9 Å². The molecule has 4 rings (SSSR count). The first-order valence-electron chi connectivity index (χ1n) is 12.1. The van der Waals surface area contributed by atoms with E-state index in [1.54, 1.807) is 57.2 Å². The van der Waals surface area contributed by atoms with Gasteiger partial charge in [-0.3, -0.25) is 14.0 Å². The van der Waals surface area contributed by atoms with E-state index in [1.165, 1.54) is 24.4 Å². The number of ether oxygens (including phenoxy) is 2. The molecule has 3 atom stereocenters. The van der Waals surface area contributed by atoms with Gasteiger partial charge in [0.2, 0.25) is 5.88 Å². The van der Waals surface area contributed by atoms with Gasteiger partial charge in [-0.05, 0) is 50.6 Å². The fraction of sp³-hybridized carbons (Fsp3) is 0.321. The minimum Gasteiger partial charge on any atom is -0.475 e. The highest BCUT2D eigenvalue weighted by Gasteiger charge is 2.46. The number of esters is 1. The molecule has 0 saturated carbocycles. The number of aromatic nitrogens is 1. The van der Waals surface area contributed by atoms with Gasteiger partial charge in [-0.25, -0.2) is 4.98 Å². The minimum atomic E-state index is -4.70. The molecule has 0 radical (unpaired) electrons. The summed E-state index contributed by atoms with van der Waals surface area (Å²) in [6.07, 6.45) is -3.59. The van der Waals surface area contributed by atoms with Crippen molar-refractivity contribution >= 4 is 28.2 Å². The summed E-state index contributed by atoms with van der Waals surface area (Å²) in [6.45, 7) is 5.15. The quantitative estimate of drug-likeness (QED) is 0.321. The van der Waals surface area contributed by atoms with Gasteiger partial charge in [-0.15, -0.1) is 0 Å². The van der Waals surface area contributed by atoms with Crippen LogP contribution in [0.15, 0.2) is 76.7 Å². The van der Waals surface area contributed by atoms with E-state index >= 15 is 0 Å². The average molecular weight is 545 g/mol. The Kier molecular flexibility index (Phi) is 8.30. The van der Waals surface area contributed by atoms with Gasteiger partial charge in [0.15, 0.2) is 0 Å². The van der Waals surface area contributed by atoms with E-state index in [1.807, 2.05) is 0 Å². The molecule has 0 N–H and O–H groups in total. The number of carbonyl (C=O) groups excluding carboxylic acids is 1. The third-order valence-electron chi connectivity index (χ3n) is 5.97. The molecule has 2 heterocycles. The van der Waals surface area contributed by atoms with Gasteiger partial charge in [0.05, 0.1) is 40.5 Å². The summed E-state index contributed by atoms with van der Waals surface area (Å²) < 4.78 is 67.3. The maximum Gasteiger partial charge on any atom is 0.416 e. The molecular formula is C28H27F3N2O4S. The number of aliphatic imine (C=N–C) groups is 1. The number of alkyl halides is 3. The van der Waals surface area contributed by atoms with Crippen molar-refractivity contribution in [3.63, 3.8) is 0 Å². The Labute approximate surface area is 221 Å². The van der Waals surface area contributed by atoms with Crippen LogP contribution in [0.3, 0.4) is 0 Å². The van der Waals surface area contributed by atoms with Gasteiger partial charge < -0.3 is 9.47 Å². The maximum atomic E-state index is 14.3. The van der Waals surface area contributed by atoms with E-state index in [0.29, 0.717) is 10.6 Å². The van der Waals surface area contributed by atoms with Gasteiger partial charge in [-0.1, -0.05) is 36.4 Å². The molecule has 200 valence electrons. The number of hydrogen-bond donors (Lipinski definition) is 0. The SMILES string of the molecule is CCOC(=O)C1C(CS(=O)c2ccccc2)=Nc2ccnc(OC(C)C)c2C1c1ccccc1C(F)(F)F. The van der Waals surface area contributed by atoms with E-state index < -0.39 is 40.3 Å². The molecule has 3 unspecified atom stereocenters. The summed E-state index contributed by atoms with van der Waals surface area (Å²) in [7, 11) is -1.61. The Morgan fingerprint density at radius 3 is 2.39 bits per heavy atom. The Bertz CT molecular complexity index is 1360. The lowest BCUT2D eigenvalue weighted by Crippen LogP contribution is -2.38. The van der Waals surface area contributed by atoms with Crippen molar-refractivity contribution in [1.29, 1.82) is 0 Å². The molecule has 10 heteroatoms. The van der Waals surface area contributed by atoms with Crippen molar-refractivity contribution in [3.05, 3.63) is 83.6 Å². The zero-order valence-electron chi connectivity index (χ0n) is 21.1. The highest BCUT2D eigenvalue weighted by Crippen LogP contribution is 2.49. The summed E-state index contributed by atoms with van der Waals surface area (Å²) in [5.41, 5.74) is -0.306. The Morgan fingerprint density at radius 2 is 1.74 bits per heavy atom. The maximum absolute atomic E-state index is 14.3. The van der Waals surface area contributed by atoms with Crippen molar-refractivity contribution in [3.8, 4) is 5.88 Å². The van der Waals surface area contributed by atoms with E-state index in [4.69, 9.17) is 9.47 Å². The Hall–Kier alpha value is -3.53. The number of benzene rings is 2. The van der Waals surface area contributed by atoms with Crippen LogP contribution < -0.4 is 4.74 Å². The van der Waals surface area contributed by atoms with Crippen LogP contribution in [0, 0.1) is 5.92 Å². The van der Waals surface area contributed by atoms with E-state index in [9.17, 15) is 22.2 Å². The first-order chi connectivity index (χ1) is 18.1. The van der Waals surface area contributed by atoms with Gasteiger partial charge >= 0.3 is 12.1 Å². The molecular weight excluding hydrogens is 517 g/mol. The van der Waals surface area contributed by atoms with Crippen LogP contribution in [0.4, 0.5) is 18.9 Å². The van der Waals surface area contributed by atoms with E-state index in [-0.39, 0.29) is 41.2 Å². The summed E-state index contributed by atoms with van der Waals surface area (Å²) in [4.78, 5) is 22.9. The van der Waals surface area contributed by atoms with Crippen molar-refractivity contribution in [2.75, 3.05) is 12.4 Å². The molecule has 0 saturated heterocycles. The zero-order chi connectivity index (χ0) is 27.4. The molecule has 2 aromatic carbocycles. The number of pyridine rings is 1. The monoisotopic (exact) mass is 544 g/mol. The number of carbonyl (C=O) groups is 1. The number of halogens is 3. The lowest BCUT2D eigenvalue weighted by Gasteiger charge is -2.34. The standard InChI is InChI=1S/C28H27F3N2O4S/c1-4-36-27(34)25-22(16-38(35)18-10-6-5-7-11-18)33-21-14-15-32-26(37-17(2)3)24(21)23(25)19-12-8-9-13-20(19)28(29,30)31/h5-15,17,23,25H,4,16H2,1-3H3. The summed E-state index contributed by atoms with van der Waals surface area (Å²) in [5.74, 6) is -3.31. The number of hydrogen-bond acceptors (Lipinski definition) is 6. The predicted molar refractivity (Wildman–Crippen MR) is 138 cm³/mol. The molecule has 1 aromatic heterocycles. The second kappa shape index (κ2) is 11.5. The summed E-state index contributed by atoms with van der Waals surface area (Å²) in [6, 6.07) is 15.3. The molecule has 0 spiro atoms. The third-order valence-corrected chi connectivity index (χ3v) is 7.33. The fourth-order valence-corrected chi connectivity index (χ4v) is 5.65. The van der Waals surface area contributed by atoms with Gasteiger partial charge in [-0.2, -0.15) is 13.2 Å². The molecule has 38 heavy (non-hydrogen) atoms. The number of fused-ring (bicyclic) bond motifs is 1. The van der Waals surface area contributed by atoms with Crippen LogP contribution in [-0.4, -0.2) is 39.3 Å². The van der Waals surface area contributed by atoms with Crippen molar-refractivity contribution in [2.45, 2.75) is 43.9 Å². The summed E-state index contributed by atoms with van der Waals surface area (Å²) >= 11 is 0. The average Bonchev–Trinajstić information content (AvgIpc) is 2.88. The molecule has 6 nitrogen and oxygen atoms in total. The van der Waals surface area contributed by atoms with Gasteiger partial charge in [0, 0.05) is 28.3 Å². The Balaban J connectivity index is 1.98. The normalized spacial score (nSPS) is 17.9. The topological polar surface area (TPSA) is 77.9 Å². The van der Waals surface area contributed by atoms with Crippen LogP contribution in [0.5, 0.6) is 5.88 Å². The minimum absolute atomic E-state index is 0.00722. The van der Waals surface area contributed by atoms with Crippen LogP contribution in [-0.2, 0) is 26.5 Å². The Morgan fingerprint density at radius 1 is 1.05 bits per heavy atom. The van der Waals surface area contributed by atoms with Gasteiger partial charge in [0.25, 0.3) is 0 Å². The molecule has 0 fully saturated rings. The first kappa shape index (κ1) is 27.5. The van der Waals surface area contributed by atoms with E-state index in [2.05, 4.69) is 9.98 Å². The van der Waals surface area contributed by atoms with E-state index in [0.717, 1.165) is 6.07 Å². The van der Waals surface area contributed by atoms with Crippen LogP contribution >= 0.6 is 0 Å². The lowest BCUT2D eigenvalue weighted by molar-refractivity contribution is -0.147. The summed E-state index contributed by atoms with van der Waals surface area (Å²) in [5, 5.41) is 0. The van der Waals surface area contributed by atoms with Crippen LogP contribution in [0.2, 0.25) is 0 Å². The van der Waals surface area contributed by atoms with Gasteiger partial charge in [0.1, 0.15) is 5.92 Å². The predicted octanol–water partition coefficient (Wildman–Crippen LogP) is 6.09. The third kappa shape index (κ3) is 5.80. The molecule has 0 bridgehead atoms. The molecule has 0 aliphatic carbocycles. The van der Waals surface area contributed by atoms with Crippen molar-refractivity contribution < 1.29 is 31.6 Å². The number of rotatable bonds is 8. The fourth-order valence-electron chi connectivity index (χ4n) is 4.51. The molecule has 0 amide bonds. The smallest absolute Gasteiger partial charge is 0.416 e. The largest absolute Gasteiger partial charge is 0.475 e.